The lowest BCUT2D eigenvalue weighted by atomic mass is 10.1. The van der Waals surface area contributed by atoms with Crippen LogP contribution in [0.1, 0.15) is 57.8 Å². The maximum atomic E-state index is 10.8. The van der Waals surface area contributed by atoms with Crippen LogP contribution >= 0.6 is 0 Å². The van der Waals surface area contributed by atoms with Crippen LogP contribution in [0.2, 0.25) is 0 Å². The maximum Gasteiger partial charge on any atom is 0.305 e. The number of rotatable bonds is 9. The molecule has 15 heavy (non-hydrogen) atoms. The molecule has 0 radical (unpaired) electrons. The van der Waals surface area contributed by atoms with E-state index in [0.29, 0.717) is 12.8 Å². The lowest BCUT2D eigenvalue weighted by Gasteiger charge is -2.00. The van der Waals surface area contributed by atoms with Gasteiger partial charge >= 0.3 is 5.97 Å². The van der Waals surface area contributed by atoms with Crippen LogP contribution in [0.5, 0.6) is 0 Å². The van der Waals surface area contributed by atoms with Crippen molar-refractivity contribution in [3.8, 4) is 6.07 Å². The molecule has 0 aliphatic heterocycles. The van der Waals surface area contributed by atoms with Gasteiger partial charge in [-0.15, -0.1) is 0 Å². The molecule has 0 amide bonds. The van der Waals surface area contributed by atoms with Gasteiger partial charge in [-0.2, -0.15) is 5.26 Å². The van der Waals surface area contributed by atoms with Crippen LogP contribution < -0.4 is 0 Å². The lowest BCUT2D eigenvalue weighted by Crippen LogP contribution is -1.99. The summed E-state index contributed by atoms with van der Waals surface area (Å²) in [4.78, 5) is 10.8. The summed E-state index contributed by atoms with van der Waals surface area (Å²) in [6, 6.07) is 2.15. The van der Waals surface area contributed by atoms with E-state index in [1.54, 1.807) is 0 Å². The number of methoxy groups -OCH3 is 1. The van der Waals surface area contributed by atoms with Crippen molar-refractivity contribution >= 4 is 5.97 Å². The Bertz CT molecular complexity index is 196. The highest BCUT2D eigenvalue weighted by atomic mass is 16.5. The first-order valence-electron chi connectivity index (χ1n) is 5.75. The highest BCUT2D eigenvalue weighted by molar-refractivity contribution is 5.68. The highest BCUT2D eigenvalue weighted by Crippen LogP contribution is 2.09. The Morgan fingerprint density at radius 1 is 1.07 bits per heavy atom. The summed E-state index contributed by atoms with van der Waals surface area (Å²) < 4.78 is 4.55. The molecule has 0 aromatic rings. The van der Waals surface area contributed by atoms with Gasteiger partial charge in [-0.25, -0.2) is 0 Å². The number of hydrogen-bond donors (Lipinski definition) is 0. The highest BCUT2D eigenvalue weighted by Gasteiger charge is 1.98. The molecule has 0 saturated heterocycles. The number of nitrogens with zero attached hydrogens (tertiary/aromatic N) is 1. The number of nitriles is 1. The predicted octanol–water partition coefficient (Wildman–Crippen LogP) is 3.19. The predicted molar refractivity (Wildman–Crippen MR) is 59.2 cm³/mol. The SMILES string of the molecule is COC(=O)CCCCCCCCCC#N. The van der Waals surface area contributed by atoms with Gasteiger partial charge in [0.25, 0.3) is 0 Å². The van der Waals surface area contributed by atoms with E-state index in [9.17, 15) is 4.79 Å². The molecule has 86 valence electrons. The largest absolute Gasteiger partial charge is 0.469 e. The van der Waals surface area contributed by atoms with Gasteiger partial charge in [0.2, 0.25) is 0 Å². The van der Waals surface area contributed by atoms with Crippen LogP contribution in [0, 0.1) is 11.3 Å². The molecule has 0 aromatic heterocycles. The molecule has 0 bridgehead atoms. The van der Waals surface area contributed by atoms with E-state index >= 15 is 0 Å². The van der Waals surface area contributed by atoms with E-state index in [1.807, 2.05) is 0 Å². The molecule has 0 unspecified atom stereocenters. The minimum Gasteiger partial charge on any atom is -0.469 e. The molecule has 0 rings (SSSR count). The maximum absolute atomic E-state index is 10.8. The average Bonchev–Trinajstić information content (AvgIpc) is 2.26. The van der Waals surface area contributed by atoms with Crippen LogP contribution in [0.15, 0.2) is 0 Å². The molecular formula is C12H21NO2. The number of carbonyl (C=O) groups excluding carboxylic acids is 1. The third-order valence-electron chi connectivity index (χ3n) is 2.40. The van der Waals surface area contributed by atoms with Crippen LogP contribution in [-0.2, 0) is 9.53 Å². The summed E-state index contributed by atoms with van der Waals surface area (Å²) in [6.07, 6.45) is 9.06. The van der Waals surface area contributed by atoms with E-state index in [0.717, 1.165) is 25.7 Å². The van der Waals surface area contributed by atoms with Gasteiger partial charge in [0.05, 0.1) is 13.2 Å². The summed E-state index contributed by atoms with van der Waals surface area (Å²) in [7, 11) is 1.43. The Balaban J connectivity index is 2.99. The minimum absolute atomic E-state index is 0.107. The van der Waals surface area contributed by atoms with Crippen molar-refractivity contribution in [2.75, 3.05) is 7.11 Å². The quantitative estimate of drug-likeness (QED) is 0.434. The van der Waals surface area contributed by atoms with E-state index in [2.05, 4.69) is 10.8 Å². The zero-order valence-corrected chi connectivity index (χ0v) is 9.63. The molecule has 3 heteroatoms. The third-order valence-corrected chi connectivity index (χ3v) is 2.40. The molecule has 0 spiro atoms. The molecule has 0 aromatic carbocycles. The average molecular weight is 211 g/mol. The lowest BCUT2D eigenvalue weighted by molar-refractivity contribution is -0.140. The number of hydrogen-bond acceptors (Lipinski definition) is 3. The van der Waals surface area contributed by atoms with Crippen molar-refractivity contribution in [1.29, 1.82) is 5.26 Å². The molecule has 3 nitrogen and oxygen atoms in total. The van der Waals surface area contributed by atoms with Crippen molar-refractivity contribution in [2.45, 2.75) is 57.8 Å². The molecule has 0 aliphatic rings. The zero-order chi connectivity index (χ0) is 11.4. The molecule has 0 N–H and O–H groups in total. The molecule has 0 heterocycles. The Morgan fingerprint density at radius 3 is 2.13 bits per heavy atom. The van der Waals surface area contributed by atoms with Gasteiger partial charge in [-0.1, -0.05) is 32.1 Å². The number of carbonyl (C=O) groups is 1. The number of esters is 1. The van der Waals surface area contributed by atoms with Gasteiger partial charge in [-0.3, -0.25) is 4.79 Å². The second-order valence-electron chi connectivity index (χ2n) is 3.71. The normalized spacial score (nSPS) is 9.60. The van der Waals surface area contributed by atoms with Crippen LogP contribution in [-0.4, -0.2) is 13.1 Å². The zero-order valence-electron chi connectivity index (χ0n) is 9.63. The van der Waals surface area contributed by atoms with Gasteiger partial charge in [0, 0.05) is 12.8 Å². The third kappa shape index (κ3) is 10.9. The van der Waals surface area contributed by atoms with Gasteiger partial charge in [0.1, 0.15) is 0 Å². The topological polar surface area (TPSA) is 50.1 Å². The van der Waals surface area contributed by atoms with Crippen LogP contribution in [0.25, 0.3) is 0 Å². The second-order valence-corrected chi connectivity index (χ2v) is 3.71. The Morgan fingerprint density at radius 2 is 1.60 bits per heavy atom. The van der Waals surface area contributed by atoms with Gasteiger partial charge in [-0.05, 0) is 12.8 Å². The van der Waals surface area contributed by atoms with Crippen molar-refractivity contribution in [2.24, 2.45) is 0 Å². The monoisotopic (exact) mass is 211 g/mol. The van der Waals surface area contributed by atoms with Crippen LogP contribution in [0.4, 0.5) is 0 Å². The molecular weight excluding hydrogens is 190 g/mol. The molecule has 0 atom stereocenters. The molecule has 0 aliphatic carbocycles. The van der Waals surface area contributed by atoms with E-state index < -0.39 is 0 Å². The Labute approximate surface area is 92.4 Å². The van der Waals surface area contributed by atoms with E-state index in [1.165, 1.54) is 26.4 Å². The summed E-state index contributed by atoms with van der Waals surface area (Å²) in [5, 5.41) is 8.32. The van der Waals surface area contributed by atoms with Crippen molar-refractivity contribution < 1.29 is 9.53 Å². The first-order chi connectivity index (χ1) is 7.31. The standard InChI is InChI=1S/C12H21NO2/c1-15-12(14)10-8-6-4-2-3-5-7-9-11-13/h2-10H2,1H3. The van der Waals surface area contributed by atoms with Gasteiger partial charge in [0.15, 0.2) is 0 Å². The fourth-order valence-electron chi connectivity index (χ4n) is 1.46. The fourth-order valence-corrected chi connectivity index (χ4v) is 1.46. The van der Waals surface area contributed by atoms with Crippen molar-refractivity contribution in [3.63, 3.8) is 0 Å². The fraction of sp³-hybridized carbons (Fsp3) is 0.833. The number of unbranched alkanes of at least 4 members (excludes halogenated alkanes) is 7. The molecule has 0 saturated carbocycles. The first-order valence-corrected chi connectivity index (χ1v) is 5.75. The van der Waals surface area contributed by atoms with Crippen molar-refractivity contribution in [1.82, 2.24) is 0 Å². The summed E-state index contributed by atoms with van der Waals surface area (Å²) in [6.45, 7) is 0. The summed E-state index contributed by atoms with van der Waals surface area (Å²) >= 11 is 0. The number of ether oxygens (including phenoxy) is 1. The second kappa shape index (κ2) is 11.0. The Kier molecular flexibility index (Phi) is 10.3. The molecule has 0 fully saturated rings. The first kappa shape index (κ1) is 14.0. The summed E-state index contributed by atoms with van der Waals surface area (Å²) in [5.74, 6) is -0.107. The van der Waals surface area contributed by atoms with Crippen LogP contribution in [0.3, 0.4) is 0 Å². The smallest absolute Gasteiger partial charge is 0.305 e. The Hall–Kier alpha value is -1.04. The van der Waals surface area contributed by atoms with Crippen molar-refractivity contribution in [3.05, 3.63) is 0 Å². The van der Waals surface area contributed by atoms with Gasteiger partial charge < -0.3 is 4.74 Å². The summed E-state index contributed by atoms with van der Waals surface area (Å²) in [5.41, 5.74) is 0. The van der Waals surface area contributed by atoms with E-state index in [-0.39, 0.29) is 5.97 Å². The minimum atomic E-state index is -0.107. The van der Waals surface area contributed by atoms with E-state index in [4.69, 9.17) is 5.26 Å².